The average molecular weight is 167 g/mol. The van der Waals surface area contributed by atoms with Gasteiger partial charge in [-0.05, 0) is 38.8 Å². The maximum absolute atomic E-state index is 4.11. The monoisotopic (exact) mass is 167 g/mol. The van der Waals surface area contributed by atoms with E-state index < -0.39 is 0 Å². The van der Waals surface area contributed by atoms with Crippen molar-refractivity contribution >= 4 is 6.72 Å². The van der Waals surface area contributed by atoms with Crippen molar-refractivity contribution in [1.29, 1.82) is 0 Å². The Balaban J connectivity index is 3.67. The average Bonchev–Trinajstić information content (AvgIpc) is 2.07. The Morgan fingerprint density at radius 1 is 1.50 bits per heavy atom. The van der Waals surface area contributed by atoms with Gasteiger partial charge in [-0.2, -0.15) is 0 Å². The molecule has 1 nitrogen and oxygen atoms in total. The van der Waals surface area contributed by atoms with Gasteiger partial charge in [0.05, 0.1) is 6.04 Å². The van der Waals surface area contributed by atoms with E-state index in [-0.39, 0.29) is 0 Å². The van der Waals surface area contributed by atoms with E-state index in [2.05, 4.69) is 44.6 Å². The lowest BCUT2D eigenvalue weighted by Crippen LogP contribution is -2.13. The van der Waals surface area contributed by atoms with Gasteiger partial charge in [0, 0.05) is 0 Å². The summed E-state index contributed by atoms with van der Waals surface area (Å²) < 4.78 is 0. The first-order valence-corrected chi connectivity index (χ1v) is 4.83. The largest absolute Gasteiger partial charge is 0.297 e. The molecule has 0 aromatic rings. The SMILES string of the molecule is C=NC(CC)C(C)CC/C=C\C. The summed E-state index contributed by atoms with van der Waals surface area (Å²) in [7, 11) is 0. The van der Waals surface area contributed by atoms with Crippen LogP contribution in [-0.4, -0.2) is 12.8 Å². The van der Waals surface area contributed by atoms with E-state index in [1.165, 1.54) is 12.8 Å². The number of nitrogens with zero attached hydrogens (tertiary/aromatic N) is 1. The van der Waals surface area contributed by atoms with Gasteiger partial charge in [-0.25, -0.2) is 0 Å². The van der Waals surface area contributed by atoms with Gasteiger partial charge in [0.25, 0.3) is 0 Å². The van der Waals surface area contributed by atoms with E-state index in [1.807, 2.05) is 0 Å². The zero-order chi connectivity index (χ0) is 9.40. The van der Waals surface area contributed by atoms with E-state index in [0.29, 0.717) is 12.0 Å². The van der Waals surface area contributed by atoms with Crippen LogP contribution in [0.25, 0.3) is 0 Å². The Bertz CT molecular complexity index is 138. The Kier molecular flexibility index (Phi) is 6.73. The van der Waals surface area contributed by atoms with Crippen molar-refractivity contribution < 1.29 is 0 Å². The minimum absolute atomic E-state index is 0.454. The molecule has 0 aromatic heterocycles. The fourth-order valence-electron chi connectivity index (χ4n) is 1.43. The lowest BCUT2D eigenvalue weighted by atomic mass is 9.95. The number of aliphatic imine (C=N–C) groups is 1. The lowest BCUT2D eigenvalue weighted by molar-refractivity contribution is 0.424. The minimum atomic E-state index is 0.454. The Morgan fingerprint density at radius 3 is 2.58 bits per heavy atom. The molecule has 0 aliphatic heterocycles. The molecule has 0 aliphatic rings. The highest BCUT2D eigenvalue weighted by atomic mass is 14.7. The van der Waals surface area contributed by atoms with Crippen LogP contribution in [0.15, 0.2) is 17.1 Å². The summed E-state index contributed by atoms with van der Waals surface area (Å²) in [6.07, 6.45) is 7.83. The third-order valence-corrected chi connectivity index (χ3v) is 2.33. The third-order valence-electron chi connectivity index (χ3n) is 2.33. The second-order valence-electron chi connectivity index (χ2n) is 3.28. The molecular weight excluding hydrogens is 146 g/mol. The van der Waals surface area contributed by atoms with Crippen molar-refractivity contribution in [3.05, 3.63) is 12.2 Å². The van der Waals surface area contributed by atoms with Gasteiger partial charge in [0.2, 0.25) is 0 Å². The topological polar surface area (TPSA) is 12.4 Å². The molecule has 70 valence electrons. The smallest absolute Gasteiger partial charge is 0.0515 e. The van der Waals surface area contributed by atoms with E-state index in [0.717, 1.165) is 6.42 Å². The molecule has 2 atom stereocenters. The lowest BCUT2D eigenvalue weighted by Gasteiger charge is -2.17. The molecule has 2 unspecified atom stereocenters. The van der Waals surface area contributed by atoms with Gasteiger partial charge in [-0.1, -0.05) is 26.0 Å². The molecule has 0 N–H and O–H groups in total. The van der Waals surface area contributed by atoms with Gasteiger partial charge in [0.15, 0.2) is 0 Å². The fraction of sp³-hybridized carbons (Fsp3) is 0.727. The Morgan fingerprint density at radius 2 is 2.17 bits per heavy atom. The second kappa shape index (κ2) is 7.08. The zero-order valence-corrected chi connectivity index (χ0v) is 8.59. The van der Waals surface area contributed by atoms with Crippen molar-refractivity contribution in [2.45, 2.75) is 46.1 Å². The summed E-state index contributed by atoms with van der Waals surface area (Å²) in [5.74, 6) is 0.670. The number of rotatable bonds is 6. The molecule has 0 rings (SSSR count). The van der Waals surface area contributed by atoms with E-state index in [1.54, 1.807) is 0 Å². The zero-order valence-electron chi connectivity index (χ0n) is 8.59. The molecule has 0 heterocycles. The first-order valence-electron chi connectivity index (χ1n) is 4.83. The number of hydrogen-bond donors (Lipinski definition) is 0. The maximum Gasteiger partial charge on any atom is 0.0515 e. The highest BCUT2D eigenvalue weighted by Crippen LogP contribution is 2.16. The minimum Gasteiger partial charge on any atom is -0.297 e. The predicted molar refractivity (Wildman–Crippen MR) is 56.8 cm³/mol. The highest BCUT2D eigenvalue weighted by molar-refractivity contribution is 5.24. The van der Waals surface area contributed by atoms with Crippen LogP contribution >= 0.6 is 0 Å². The summed E-state index contributed by atoms with van der Waals surface area (Å²) in [6, 6.07) is 0.454. The van der Waals surface area contributed by atoms with E-state index in [4.69, 9.17) is 0 Å². The standard InChI is InChI=1S/C11H21N/c1-5-7-8-9-10(3)11(6-2)12-4/h5,7,10-11H,4,6,8-9H2,1-3H3/b7-5-. The van der Waals surface area contributed by atoms with Crippen LogP contribution < -0.4 is 0 Å². The van der Waals surface area contributed by atoms with Gasteiger partial charge in [-0.15, -0.1) is 0 Å². The van der Waals surface area contributed by atoms with Crippen molar-refractivity contribution in [3.8, 4) is 0 Å². The summed E-state index contributed by atoms with van der Waals surface area (Å²) in [5.41, 5.74) is 0. The van der Waals surface area contributed by atoms with Gasteiger partial charge in [0.1, 0.15) is 0 Å². The molecule has 0 spiro atoms. The van der Waals surface area contributed by atoms with Crippen molar-refractivity contribution in [1.82, 2.24) is 0 Å². The van der Waals surface area contributed by atoms with E-state index in [9.17, 15) is 0 Å². The molecule has 0 bridgehead atoms. The van der Waals surface area contributed by atoms with Crippen LogP contribution in [0, 0.1) is 5.92 Å². The Labute approximate surface area is 76.6 Å². The quantitative estimate of drug-likeness (QED) is 0.424. The molecule has 0 saturated heterocycles. The van der Waals surface area contributed by atoms with Crippen LogP contribution in [0.3, 0.4) is 0 Å². The first kappa shape index (κ1) is 11.4. The molecule has 12 heavy (non-hydrogen) atoms. The summed E-state index contributed by atoms with van der Waals surface area (Å²) in [5, 5.41) is 0. The molecule has 0 fully saturated rings. The molecule has 0 amide bonds. The summed E-state index contributed by atoms with van der Waals surface area (Å²) >= 11 is 0. The number of hydrogen-bond acceptors (Lipinski definition) is 1. The Hall–Kier alpha value is -0.590. The molecule has 0 radical (unpaired) electrons. The predicted octanol–water partition coefficient (Wildman–Crippen LogP) is 3.46. The number of allylic oxidation sites excluding steroid dienone is 2. The van der Waals surface area contributed by atoms with Crippen LogP contribution in [0.2, 0.25) is 0 Å². The molecule has 0 aliphatic carbocycles. The summed E-state index contributed by atoms with van der Waals surface area (Å²) in [4.78, 5) is 4.11. The molecule has 1 heteroatoms. The van der Waals surface area contributed by atoms with Crippen molar-refractivity contribution in [2.75, 3.05) is 0 Å². The van der Waals surface area contributed by atoms with Crippen LogP contribution in [0.1, 0.15) is 40.0 Å². The second-order valence-corrected chi connectivity index (χ2v) is 3.28. The fourth-order valence-corrected chi connectivity index (χ4v) is 1.43. The molecule has 0 saturated carbocycles. The first-order chi connectivity index (χ1) is 5.76. The summed E-state index contributed by atoms with van der Waals surface area (Å²) in [6.45, 7) is 10.1. The van der Waals surface area contributed by atoms with Crippen molar-refractivity contribution in [2.24, 2.45) is 10.9 Å². The van der Waals surface area contributed by atoms with Gasteiger partial charge >= 0.3 is 0 Å². The van der Waals surface area contributed by atoms with Crippen LogP contribution in [0.4, 0.5) is 0 Å². The molecule has 0 aromatic carbocycles. The highest BCUT2D eigenvalue weighted by Gasteiger charge is 2.11. The van der Waals surface area contributed by atoms with Crippen LogP contribution in [-0.2, 0) is 0 Å². The maximum atomic E-state index is 4.11. The third kappa shape index (κ3) is 4.32. The van der Waals surface area contributed by atoms with Gasteiger partial charge < -0.3 is 0 Å². The normalized spacial score (nSPS) is 16.2. The van der Waals surface area contributed by atoms with E-state index >= 15 is 0 Å². The van der Waals surface area contributed by atoms with Crippen LogP contribution in [0.5, 0.6) is 0 Å². The molecular formula is C11H21N. The van der Waals surface area contributed by atoms with Crippen molar-refractivity contribution in [3.63, 3.8) is 0 Å². The van der Waals surface area contributed by atoms with Gasteiger partial charge in [-0.3, -0.25) is 4.99 Å².